The number of rotatable bonds is 7. The van der Waals surface area contributed by atoms with Crippen LogP contribution in [0.5, 0.6) is 0 Å². The van der Waals surface area contributed by atoms with Crippen molar-refractivity contribution in [1.29, 1.82) is 0 Å². The summed E-state index contributed by atoms with van der Waals surface area (Å²) >= 11 is 0. The highest BCUT2D eigenvalue weighted by Crippen LogP contribution is 2.28. The van der Waals surface area contributed by atoms with Gasteiger partial charge in [0.1, 0.15) is 5.54 Å². The fourth-order valence-electron chi connectivity index (χ4n) is 2.15. The topological polar surface area (TPSA) is 67.2 Å². The Hall–Kier alpha value is -1.57. The molecule has 1 unspecified atom stereocenters. The average molecular weight is 305 g/mol. The van der Waals surface area contributed by atoms with Crippen molar-refractivity contribution in [3.8, 4) is 0 Å². The number of carboxylic acid groups (broad SMARTS) is 1. The lowest BCUT2D eigenvalue weighted by Crippen LogP contribution is -2.50. The third-order valence-electron chi connectivity index (χ3n) is 3.57. The third kappa shape index (κ3) is 4.20. The fraction of sp³-hybridized carbons (Fsp3) is 0.692. The Morgan fingerprint density at radius 1 is 1.52 bits per heavy atom. The molecule has 0 bridgehead atoms. The van der Waals surface area contributed by atoms with Crippen LogP contribution in [-0.2, 0) is 17.5 Å². The monoisotopic (exact) mass is 305 g/mol. The van der Waals surface area contributed by atoms with Gasteiger partial charge in [0.05, 0.1) is 0 Å². The Bertz CT molecular complexity index is 511. The standard InChI is InChI=1S/C13H18F3N3O2/c1-12(11(20)21,17-9-3-4-9)6-2-7-19-8-5-10(18-19)13(14,15)16/h5,8-9,17H,2-4,6-7H2,1H3,(H,20,21). The van der Waals surface area contributed by atoms with Crippen LogP contribution in [-0.4, -0.2) is 32.4 Å². The summed E-state index contributed by atoms with van der Waals surface area (Å²) < 4.78 is 38.4. The number of aromatic nitrogens is 2. The first-order valence-corrected chi connectivity index (χ1v) is 6.82. The Morgan fingerprint density at radius 2 is 2.19 bits per heavy atom. The van der Waals surface area contributed by atoms with E-state index < -0.39 is 23.4 Å². The second-order valence-corrected chi connectivity index (χ2v) is 5.62. The number of aryl methyl sites for hydroxylation is 1. The Labute approximate surface area is 120 Å². The quantitative estimate of drug-likeness (QED) is 0.811. The zero-order chi connectivity index (χ0) is 15.7. The Kier molecular flexibility index (Phi) is 4.27. The summed E-state index contributed by atoms with van der Waals surface area (Å²) in [5, 5.41) is 15.8. The van der Waals surface area contributed by atoms with Gasteiger partial charge in [-0.3, -0.25) is 14.8 Å². The lowest BCUT2D eigenvalue weighted by atomic mass is 9.95. The average Bonchev–Trinajstić information content (AvgIpc) is 3.02. The van der Waals surface area contributed by atoms with Crippen molar-refractivity contribution in [3.63, 3.8) is 0 Å². The van der Waals surface area contributed by atoms with E-state index >= 15 is 0 Å². The smallest absolute Gasteiger partial charge is 0.435 e. The van der Waals surface area contributed by atoms with Crippen molar-refractivity contribution in [2.75, 3.05) is 0 Å². The van der Waals surface area contributed by atoms with E-state index in [1.165, 1.54) is 10.9 Å². The first-order chi connectivity index (χ1) is 9.71. The second kappa shape index (κ2) is 5.67. The largest absolute Gasteiger partial charge is 0.480 e. The molecule has 2 rings (SSSR count). The first-order valence-electron chi connectivity index (χ1n) is 6.82. The molecule has 0 saturated heterocycles. The van der Waals surface area contributed by atoms with E-state index in [4.69, 9.17) is 0 Å². The number of nitrogens with one attached hydrogen (secondary N) is 1. The van der Waals surface area contributed by atoms with Crippen LogP contribution in [0.4, 0.5) is 13.2 Å². The molecule has 1 fully saturated rings. The normalized spacial score (nSPS) is 18.5. The van der Waals surface area contributed by atoms with Crippen molar-refractivity contribution in [1.82, 2.24) is 15.1 Å². The molecule has 2 N–H and O–H groups in total. The maximum absolute atomic E-state index is 12.4. The van der Waals surface area contributed by atoms with Crippen LogP contribution in [0.15, 0.2) is 12.3 Å². The van der Waals surface area contributed by atoms with Gasteiger partial charge in [-0.1, -0.05) is 0 Å². The minimum absolute atomic E-state index is 0.243. The predicted octanol–water partition coefficient (Wildman–Crippen LogP) is 2.28. The molecule has 118 valence electrons. The molecule has 0 radical (unpaired) electrons. The summed E-state index contributed by atoms with van der Waals surface area (Å²) in [6, 6.07) is 1.16. The minimum Gasteiger partial charge on any atom is -0.480 e. The van der Waals surface area contributed by atoms with Crippen molar-refractivity contribution in [2.45, 2.75) is 56.9 Å². The van der Waals surface area contributed by atoms with Crippen molar-refractivity contribution in [3.05, 3.63) is 18.0 Å². The highest BCUT2D eigenvalue weighted by atomic mass is 19.4. The number of aliphatic carboxylic acids is 1. The van der Waals surface area contributed by atoms with E-state index in [1.807, 2.05) is 0 Å². The van der Waals surface area contributed by atoms with Gasteiger partial charge in [0.15, 0.2) is 5.69 Å². The zero-order valence-electron chi connectivity index (χ0n) is 11.7. The molecule has 1 aromatic heterocycles. The molecule has 1 heterocycles. The summed E-state index contributed by atoms with van der Waals surface area (Å²) in [7, 11) is 0. The molecule has 5 nitrogen and oxygen atoms in total. The Morgan fingerprint density at radius 3 is 2.67 bits per heavy atom. The molecule has 1 aliphatic carbocycles. The maximum atomic E-state index is 12.4. The van der Waals surface area contributed by atoms with Gasteiger partial charge in [0.25, 0.3) is 0 Å². The Balaban J connectivity index is 1.87. The lowest BCUT2D eigenvalue weighted by molar-refractivity contribution is -0.144. The molecule has 0 spiro atoms. The summed E-state index contributed by atoms with van der Waals surface area (Å²) in [6.07, 6.45) is -0.487. The highest BCUT2D eigenvalue weighted by molar-refractivity contribution is 5.78. The predicted molar refractivity (Wildman–Crippen MR) is 68.7 cm³/mol. The number of hydrogen-bond acceptors (Lipinski definition) is 3. The maximum Gasteiger partial charge on any atom is 0.435 e. The molecule has 0 aromatic carbocycles. The number of carboxylic acids is 1. The number of alkyl halides is 3. The molecule has 1 aromatic rings. The van der Waals surface area contributed by atoms with E-state index in [0.717, 1.165) is 18.9 Å². The van der Waals surface area contributed by atoms with Crippen LogP contribution in [0.3, 0.4) is 0 Å². The van der Waals surface area contributed by atoms with Crippen LogP contribution in [0.1, 0.15) is 38.3 Å². The van der Waals surface area contributed by atoms with Gasteiger partial charge in [-0.15, -0.1) is 0 Å². The van der Waals surface area contributed by atoms with Crippen LogP contribution >= 0.6 is 0 Å². The number of nitrogens with zero attached hydrogens (tertiary/aromatic N) is 2. The summed E-state index contributed by atoms with van der Waals surface area (Å²) in [4.78, 5) is 11.3. The lowest BCUT2D eigenvalue weighted by Gasteiger charge is -2.26. The van der Waals surface area contributed by atoms with Gasteiger partial charge < -0.3 is 5.11 Å². The van der Waals surface area contributed by atoms with Gasteiger partial charge in [-0.25, -0.2) is 0 Å². The van der Waals surface area contributed by atoms with Crippen LogP contribution in [0.25, 0.3) is 0 Å². The molecule has 0 amide bonds. The molecule has 8 heteroatoms. The molecule has 1 aliphatic rings. The number of hydrogen-bond donors (Lipinski definition) is 2. The molecule has 1 saturated carbocycles. The van der Waals surface area contributed by atoms with Gasteiger partial charge >= 0.3 is 12.1 Å². The molecular weight excluding hydrogens is 287 g/mol. The summed E-state index contributed by atoms with van der Waals surface area (Å²) in [5.41, 5.74) is -1.97. The van der Waals surface area contributed by atoms with E-state index in [0.29, 0.717) is 12.8 Å². The zero-order valence-corrected chi connectivity index (χ0v) is 11.7. The van der Waals surface area contributed by atoms with Crippen molar-refractivity contribution < 1.29 is 23.1 Å². The highest BCUT2D eigenvalue weighted by Gasteiger charge is 2.38. The van der Waals surface area contributed by atoms with Crippen LogP contribution in [0, 0.1) is 0 Å². The minimum atomic E-state index is -4.45. The van der Waals surface area contributed by atoms with E-state index in [9.17, 15) is 23.1 Å². The van der Waals surface area contributed by atoms with Gasteiger partial charge in [0.2, 0.25) is 0 Å². The molecule has 1 atom stereocenters. The van der Waals surface area contributed by atoms with Gasteiger partial charge in [-0.2, -0.15) is 18.3 Å². The fourth-order valence-corrected chi connectivity index (χ4v) is 2.15. The van der Waals surface area contributed by atoms with Crippen molar-refractivity contribution in [2.24, 2.45) is 0 Å². The summed E-state index contributed by atoms with van der Waals surface area (Å²) in [5.74, 6) is -0.939. The number of halogens is 3. The SMILES string of the molecule is CC(CCCn1ccc(C(F)(F)F)n1)(NC1CC1)C(=O)O. The summed E-state index contributed by atoms with van der Waals surface area (Å²) in [6.45, 7) is 1.86. The van der Waals surface area contributed by atoms with E-state index in [1.54, 1.807) is 6.92 Å². The van der Waals surface area contributed by atoms with Gasteiger partial charge in [-0.05, 0) is 38.7 Å². The van der Waals surface area contributed by atoms with Crippen molar-refractivity contribution >= 4 is 5.97 Å². The molecular formula is C13H18F3N3O2. The number of carbonyl (C=O) groups is 1. The second-order valence-electron chi connectivity index (χ2n) is 5.62. The molecule has 21 heavy (non-hydrogen) atoms. The molecule has 0 aliphatic heterocycles. The van der Waals surface area contributed by atoms with Gasteiger partial charge in [0, 0.05) is 18.8 Å². The third-order valence-corrected chi connectivity index (χ3v) is 3.57. The van der Waals surface area contributed by atoms with E-state index in [2.05, 4.69) is 10.4 Å². The first kappa shape index (κ1) is 15.8. The van der Waals surface area contributed by atoms with Crippen LogP contribution in [0.2, 0.25) is 0 Å². The van der Waals surface area contributed by atoms with E-state index in [-0.39, 0.29) is 12.6 Å². The van der Waals surface area contributed by atoms with Crippen LogP contribution < -0.4 is 5.32 Å².